The second-order valence-corrected chi connectivity index (χ2v) is 8.15. The van der Waals surface area contributed by atoms with Gasteiger partial charge in [-0.1, -0.05) is 39.0 Å². The number of carbonyl (C=O) groups excluding carboxylic acids is 1. The molecule has 1 heterocycles. The number of amides is 1. The molecular weight excluding hydrogens is 288 g/mol. The standard InChI is InChI=1S/C15H22N2O3S/c1-15(2,3)11-7-5-6-8-13(11)21(19,20)16-12-9-10-17(4)14(12)18/h5-8,12,16H,9-10H2,1-4H3/t12-/m0/s1. The molecule has 2 rings (SSSR count). The van der Waals surface area contributed by atoms with Gasteiger partial charge in [-0.3, -0.25) is 4.79 Å². The summed E-state index contributed by atoms with van der Waals surface area (Å²) in [6, 6.07) is 6.28. The highest BCUT2D eigenvalue weighted by atomic mass is 32.2. The van der Waals surface area contributed by atoms with Crippen LogP contribution in [-0.4, -0.2) is 38.9 Å². The SMILES string of the molecule is CN1CC[C@H](NS(=O)(=O)c2ccccc2C(C)(C)C)C1=O. The molecule has 1 fully saturated rings. The minimum absolute atomic E-state index is 0.174. The number of likely N-dealkylation sites (N-methyl/N-ethyl adjacent to an activating group) is 1. The lowest BCUT2D eigenvalue weighted by Gasteiger charge is -2.23. The van der Waals surface area contributed by atoms with Crippen LogP contribution in [0.4, 0.5) is 0 Å². The van der Waals surface area contributed by atoms with Crippen molar-refractivity contribution in [3.63, 3.8) is 0 Å². The van der Waals surface area contributed by atoms with E-state index in [1.807, 2.05) is 32.9 Å². The van der Waals surface area contributed by atoms with Crippen molar-refractivity contribution >= 4 is 15.9 Å². The first kappa shape index (κ1) is 16.0. The molecule has 1 amide bonds. The van der Waals surface area contributed by atoms with Gasteiger partial charge in [-0.05, 0) is 23.5 Å². The van der Waals surface area contributed by atoms with Crippen LogP contribution in [0.3, 0.4) is 0 Å². The van der Waals surface area contributed by atoms with Crippen LogP contribution < -0.4 is 4.72 Å². The molecule has 0 aliphatic carbocycles. The van der Waals surface area contributed by atoms with Crippen molar-refractivity contribution in [2.24, 2.45) is 0 Å². The van der Waals surface area contributed by atoms with Gasteiger partial charge in [0.25, 0.3) is 0 Å². The molecule has 0 saturated carbocycles. The van der Waals surface area contributed by atoms with Crippen LogP contribution in [-0.2, 0) is 20.2 Å². The second-order valence-electron chi connectivity index (χ2n) is 6.47. The third-order valence-electron chi connectivity index (χ3n) is 3.71. The zero-order valence-corrected chi connectivity index (χ0v) is 13.7. The van der Waals surface area contributed by atoms with Crippen molar-refractivity contribution in [1.82, 2.24) is 9.62 Å². The number of sulfonamides is 1. The van der Waals surface area contributed by atoms with Crippen LogP contribution in [0.2, 0.25) is 0 Å². The van der Waals surface area contributed by atoms with E-state index in [0.29, 0.717) is 13.0 Å². The van der Waals surface area contributed by atoms with Gasteiger partial charge >= 0.3 is 0 Å². The van der Waals surface area contributed by atoms with E-state index in [0.717, 1.165) is 5.56 Å². The maximum absolute atomic E-state index is 12.6. The van der Waals surface area contributed by atoms with Crippen LogP contribution in [0.5, 0.6) is 0 Å². The molecule has 0 spiro atoms. The van der Waals surface area contributed by atoms with E-state index >= 15 is 0 Å². The summed E-state index contributed by atoms with van der Waals surface area (Å²) in [5.74, 6) is -0.174. The Morgan fingerprint density at radius 3 is 2.38 bits per heavy atom. The van der Waals surface area contributed by atoms with Crippen molar-refractivity contribution in [2.45, 2.75) is 43.5 Å². The maximum atomic E-state index is 12.6. The number of nitrogens with one attached hydrogen (secondary N) is 1. The number of likely N-dealkylation sites (tertiary alicyclic amines) is 1. The van der Waals surface area contributed by atoms with Crippen molar-refractivity contribution in [2.75, 3.05) is 13.6 Å². The van der Waals surface area contributed by atoms with E-state index in [9.17, 15) is 13.2 Å². The predicted octanol–water partition coefficient (Wildman–Crippen LogP) is 1.49. The van der Waals surface area contributed by atoms with Crippen LogP contribution in [0.25, 0.3) is 0 Å². The summed E-state index contributed by atoms with van der Waals surface area (Å²) in [6.45, 7) is 6.48. The van der Waals surface area contributed by atoms with E-state index in [1.54, 1.807) is 24.1 Å². The van der Waals surface area contributed by atoms with Crippen molar-refractivity contribution < 1.29 is 13.2 Å². The smallest absolute Gasteiger partial charge is 0.241 e. The molecule has 1 aromatic carbocycles. The Morgan fingerprint density at radius 2 is 1.86 bits per heavy atom. The number of carbonyl (C=O) groups is 1. The highest BCUT2D eigenvalue weighted by Gasteiger charge is 2.34. The average molecular weight is 310 g/mol. The first-order valence-corrected chi connectivity index (χ1v) is 8.48. The van der Waals surface area contributed by atoms with E-state index in [2.05, 4.69) is 4.72 Å². The fourth-order valence-corrected chi connectivity index (χ4v) is 4.14. The molecule has 21 heavy (non-hydrogen) atoms. The van der Waals surface area contributed by atoms with E-state index in [1.165, 1.54) is 0 Å². The monoisotopic (exact) mass is 310 g/mol. The molecule has 5 nitrogen and oxygen atoms in total. The quantitative estimate of drug-likeness (QED) is 0.920. The van der Waals surface area contributed by atoms with E-state index in [-0.39, 0.29) is 16.2 Å². The van der Waals surface area contributed by atoms with Crippen molar-refractivity contribution in [1.29, 1.82) is 0 Å². The summed E-state index contributed by atoms with van der Waals surface area (Å²) in [5, 5.41) is 0. The number of hydrogen-bond acceptors (Lipinski definition) is 3. The maximum Gasteiger partial charge on any atom is 0.241 e. The van der Waals surface area contributed by atoms with Gasteiger partial charge in [-0.25, -0.2) is 8.42 Å². The molecule has 1 atom stereocenters. The van der Waals surface area contributed by atoms with Gasteiger partial charge in [0.1, 0.15) is 6.04 Å². The molecule has 0 unspecified atom stereocenters. The molecule has 0 aromatic heterocycles. The topological polar surface area (TPSA) is 66.5 Å². The van der Waals surface area contributed by atoms with Crippen molar-refractivity contribution in [3.05, 3.63) is 29.8 Å². The third kappa shape index (κ3) is 3.27. The Hall–Kier alpha value is -1.40. The molecule has 6 heteroatoms. The predicted molar refractivity (Wildman–Crippen MR) is 81.5 cm³/mol. The third-order valence-corrected chi connectivity index (χ3v) is 5.24. The summed E-state index contributed by atoms with van der Waals surface area (Å²) in [7, 11) is -2.03. The molecule has 0 bridgehead atoms. The van der Waals surface area contributed by atoms with Gasteiger partial charge in [0.2, 0.25) is 15.9 Å². The molecule has 1 N–H and O–H groups in total. The van der Waals surface area contributed by atoms with Gasteiger partial charge in [-0.2, -0.15) is 4.72 Å². The second kappa shape index (κ2) is 5.42. The molecule has 116 valence electrons. The minimum Gasteiger partial charge on any atom is -0.344 e. The van der Waals surface area contributed by atoms with Gasteiger partial charge in [0, 0.05) is 13.6 Å². The number of nitrogens with zero attached hydrogens (tertiary/aromatic N) is 1. The fourth-order valence-electron chi connectivity index (χ4n) is 2.50. The summed E-state index contributed by atoms with van der Waals surface area (Å²) in [6.07, 6.45) is 0.506. The Labute approximate surface area is 126 Å². The first-order valence-electron chi connectivity index (χ1n) is 7.00. The zero-order valence-electron chi connectivity index (χ0n) is 12.9. The lowest BCUT2D eigenvalue weighted by Crippen LogP contribution is -2.41. The lowest BCUT2D eigenvalue weighted by molar-refractivity contribution is -0.127. The summed E-state index contributed by atoms with van der Waals surface area (Å²) in [4.78, 5) is 13.7. The molecular formula is C15H22N2O3S. The highest BCUT2D eigenvalue weighted by molar-refractivity contribution is 7.89. The van der Waals surface area contributed by atoms with Crippen molar-refractivity contribution in [3.8, 4) is 0 Å². The van der Waals surface area contributed by atoms with Gasteiger partial charge in [0.15, 0.2) is 0 Å². The Morgan fingerprint density at radius 1 is 1.24 bits per heavy atom. The molecule has 1 saturated heterocycles. The zero-order chi connectivity index (χ0) is 15.8. The highest BCUT2D eigenvalue weighted by Crippen LogP contribution is 2.29. The Bertz CT molecular complexity index is 647. The molecule has 1 aliphatic heterocycles. The molecule has 1 aromatic rings. The van der Waals surface area contributed by atoms with E-state index in [4.69, 9.17) is 0 Å². The molecule has 0 radical (unpaired) electrons. The number of benzene rings is 1. The van der Waals surface area contributed by atoms with Gasteiger partial charge < -0.3 is 4.90 Å². The Kier molecular flexibility index (Phi) is 4.13. The molecule has 1 aliphatic rings. The Balaban J connectivity index is 2.35. The summed E-state index contributed by atoms with van der Waals surface area (Å²) >= 11 is 0. The first-order chi connectivity index (χ1) is 9.63. The summed E-state index contributed by atoms with van der Waals surface area (Å²) in [5.41, 5.74) is 0.457. The van der Waals surface area contributed by atoms with Crippen LogP contribution >= 0.6 is 0 Å². The van der Waals surface area contributed by atoms with Gasteiger partial charge in [-0.15, -0.1) is 0 Å². The normalized spacial score (nSPS) is 20.1. The van der Waals surface area contributed by atoms with E-state index < -0.39 is 16.1 Å². The lowest BCUT2D eigenvalue weighted by atomic mass is 9.87. The minimum atomic E-state index is -3.71. The number of rotatable bonds is 3. The fraction of sp³-hybridized carbons (Fsp3) is 0.533. The van der Waals surface area contributed by atoms with Crippen LogP contribution in [0.1, 0.15) is 32.8 Å². The van der Waals surface area contributed by atoms with Crippen LogP contribution in [0, 0.1) is 0 Å². The largest absolute Gasteiger partial charge is 0.344 e. The summed E-state index contributed by atoms with van der Waals surface area (Å²) < 4.78 is 27.8. The van der Waals surface area contributed by atoms with Gasteiger partial charge in [0.05, 0.1) is 4.90 Å². The average Bonchev–Trinajstić information content (AvgIpc) is 2.69. The van der Waals surface area contributed by atoms with Crippen LogP contribution in [0.15, 0.2) is 29.2 Å². The number of hydrogen-bond donors (Lipinski definition) is 1.